The van der Waals surface area contributed by atoms with Gasteiger partial charge in [-0.05, 0) is 55.7 Å². The van der Waals surface area contributed by atoms with Crippen molar-refractivity contribution in [3.8, 4) is 5.69 Å². The van der Waals surface area contributed by atoms with Gasteiger partial charge in [0.1, 0.15) is 5.82 Å². The predicted molar refractivity (Wildman–Crippen MR) is 101 cm³/mol. The number of nitrogens with one attached hydrogen (secondary N) is 1. The first kappa shape index (κ1) is 17.0. The minimum atomic E-state index is -0.429. The predicted octanol–water partition coefficient (Wildman–Crippen LogP) is 3.40. The topological polar surface area (TPSA) is 73.2 Å². The molecule has 0 spiro atoms. The number of methoxy groups -OCH3 is 1. The Balaban J connectivity index is 1.64. The third-order valence-electron chi connectivity index (χ3n) is 4.71. The van der Waals surface area contributed by atoms with Crippen molar-refractivity contribution in [2.45, 2.75) is 19.3 Å². The molecule has 3 aromatic rings. The van der Waals surface area contributed by atoms with Gasteiger partial charge < -0.3 is 10.1 Å². The second kappa shape index (κ2) is 7.07. The van der Waals surface area contributed by atoms with Crippen molar-refractivity contribution < 1.29 is 14.3 Å². The van der Waals surface area contributed by atoms with E-state index in [-0.39, 0.29) is 5.91 Å². The quantitative estimate of drug-likeness (QED) is 0.723. The van der Waals surface area contributed by atoms with Crippen LogP contribution in [0.25, 0.3) is 5.69 Å². The van der Waals surface area contributed by atoms with Gasteiger partial charge >= 0.3 is 5.97 Å². The summed E-state index contributed by atoms with van der Waals surface area (Å²) in [6.07, 6.45) is 2.87. The maximum Gasteiger partial charge on any atom is 0.337 e. The van der Waals surface area contributed by atoms with Crippen molar-refractivity contribution in [2.75, 3.05) is 12.4 Å². The molecule has 6 heteroatoms. The normalized spacial score (nSPS) is 12.5. The van der Waals surface area contributed by atoms with Crippen molar-refractivity contribution in [2.24, 2.45) is 0 Å². The number of hydrogen-bond donors (Lipinski definition) is 1. The summed E-state index contributed by atoms with van der Waals surface area (Å²) in [5.41, 5.74) is 3.91. The molecular weight excluding hydrogens is 342 g/mol. The van der Waals surface area contributed by atoms with E-state index in [0.29, 0.717) is 11.1 Å². The molecule has 6 nitrogen and oxygen atoms in total. The Bertz CT molecular complexity index is 992. The van der Waals surface area contributed by atoms with Gasteiger partial charge in [0.2, 0.25) is 0 Å². The van der Waals surface area contributed by atoms with Gasteiger partial charge in [0.05, 0.1) is 24.1 Å². The number of para-hydroxylation sites is 1. The molecule has 0 unspecified atom stereocenters. The van der Waals surface area contributed by atoms with Crippen molar-refractivity contribution in [1.82, 2.24) is 9.78 Å². The zero-order chi connectivity index (χ0) is 18.8. The van der Waals surface area contributed by atoms with Crippen molar-refractivity contribution in [3.05, 3.63) is 77.0 Å². The molecule has 1 aliphatic rings. The van der Waals surface area contributed by atoms with Crippen LogP contribution in [0.5, 0.6) is 0 Å². The lowest BCUT2D eigenvalue weighted by Crippen LogP contribution is -2.16. The van der Waals surface area contributed by atoms with Gasteiger partial charge in [-0.3, -0.25) is 4.79 Å². The van der Waals surface area contributed by atoms with Crippen LogP contribution in [0.2, 0.25) is 0 Å². The maximum atomic E-state index is 12.8. The zero-order valence-corrected chi connectivity index (χ0v) is 14.9. The first-order chi connectivity index (χ1) is 13.2. The molecule has 27 heavy (non-hydrogen) atoms. The summed E-state index contributed by atoms with van der Waals surface area (Å²) in [6.45, 7) is 0. The van der Waals surface area contributed by atoms with Gasteiger partial charge in [-0.15, -0.1) is 0 Å². The molecule has 0 atom stereocenters. The molecule has 0 saturated heterocycles. The number of carbonyl (C=O) groups is 2. The molecular formula is C21H19N3O3. The van der Waals surface area contributed by atoms with Gasteiger partial charge in [-0.1, -0.05) is 18.2 Å². The number of aryl methyl sites for hydroxylation is 1. The van der Waals surface area contributed by atoms with Gasteiger partial charge in [0, 0.05) is 11.1 Å². The number of esters is 1. The lowest BCUT2D eigenvalue weighted by Gasteiger charge is -2.11. The van der Waals surface area contributed by atoms with E-state index in [4.69, 9.17) is 5.10 Å². The molecule has 4 rings (SSSR count). The third-order valence-corrected chi connectivity index (χ3v) is 4.71. The highest BCUT2D eigenvalue weighted by molar-refractivity contribution is 6.05. The minimum absolute atomic E-state index is 0.238. The Morgan fingerprint density at radius 1 is 1.00 bits per heavy atom. The highest BCUT2D eigenvalue weighted by Gasteiger charge is 2.24. The summed E-state index contributed by atoms with van der Waals surface area (Å²) in [7, 11) is 1.33. The van der Waals surface area contributed by atoms with Crippen LogP contribution in [0.1, 0.15) is 38.4 Å². The fourth-order valence-electron chi connectivity index (χ4n) is 3.33. The van der Waals surface area contributed by atoms with Gasteiger partial charge in [0.15, 0.2) is 0 Å². The van der Waals surface area contributed by atoms with Crippen LogP contribution in [0.15, 0.2) is 54.6 Å². The summed E-state index contributed by atoms with van der Waals surface area (Å²) in [5.74, 6) is 0.0517. The van der Waals surface area contributed by atoms with E-state index in [1.807, 2.05) is 30.3 Å². The lowest BCUT2D eigenvalue weighted by atomic mass is 10.1. The molecule has 1 aromatic heterocycles. The number of rotatable bonds is 4. The smallest absolute Gasteiger partial charge is 0.337 e. The molecule has 2 aromatic carbocycles. The Labute approximate surface area is 156 Å². The average Bonchev–Trinajstić information content (AvgIpc) is 3.31. The van der Waals surface area contributed by atoms with Crippen LogP contribution in [0.4, 0.5) is 5.82 Å². The minimum Gasteiger partial charge on any atom is -0.465 e. The summed E-state index contributed by atoms with van der Waals surface area (Å²) in [4.78, 5) is 24.3. The Morgan fingerprint density at radius 3 is 2.41 bits per heavy atom. The summed E-state index contributed by atoms with van der Waals surface area (Å²) in [6, 6.07) is 16.2. The maximum absolute atomic E-state index is 12.8. The SMILES string of the molecule is COC(=O)c1ccc(C(=O)Nc2c3c(nn2-c2ccccc2)CCC3)cc1. The van der Waals surface area contributed by atoms with Crippen molar-refractivity contribution in [1.29, 1.82) is 0 Å². The Hall–Kier alpha value is -3.41. The Kier molecular flexibility index (Phi) is 4.46. The molecule has 1 heterocycles. The number of benzene rings is 2. The number of aromatic nitrogens is 2. The summed E-state index contributed by atoms with van der Waals surface area (Å²) >= 11 is 0. The summed E-state index contributed by atoms with van der Waals surface area (Å²) < 4.78 is 6.48. The highest BCUT2D eigenvalue weighted by atomic mass is 16.5. The van der Waals surface area contributed by atoms with E-state index in [1.165, 1.54) is 7.11 Å². The van der Waals surface area contributed by atoms with E-state index in [1.54, 1.807) is 28.9 Å². The largest absolute Gasteiger partial charge is 0.465 e. The monoisotopic (exact) mass is 361 g/mol. The number of nitrogens with zero attached hydrogens (tertiary/aromatic N) is 2. The number of ether oxygens (including phenoxy) is 1. The van der Waals surface area contributed by atoms with Crippen LogP contribution >= 0.6 is 0 Å². The third kappa shape index (κ3) is 3.21. The van der Waals surface area contributed by atoms with Gasteiger partial charge in [-0.25, -0.2) is 9.48 Å². The van der Waals surface area contributed by atoms with Crippen LogP contribution in [0.3, 0.4) is 0 Å². The fraction of sp³-hybridized carbons (Fsp3) is 0.190. The average molecular weight is 361 g/mol. The number of anilines is 1. The highest BCUT2D eigenvalue weighted by Crippen LogP contribution is 2.31. The molecule has 0 radical (unpaired) electrons. The Morgan fingerprint density at radius 2 is 1.70 bits per heavy atom. The van der Waals surface area contributed by atoms with Gasteiger partial charge in [-0.2, -0.15) is 5.10 Å². The first-order valence-electron chi connectivity index (χ1n) is 8.83. The van der Waals surface area contributed by atoms with Crippen LogP contribution in [0, 0.1) is 0 Å². The van der Waals surface area contributed by atoms with Crippen molar-refractivity contribution in [3.63, 3.8) is 0 Å². The van der Waals surface area contributed by atoms with Crippen LogP contribution < -0.4 is 5.32 Å². The van der Waals surface area contributed by atoms with E-state index in [0.717, 1.165) is 42.0 Å². The van der Waals surface area contributed by atoms with E-state index in [2.05, 4.69) is 10.1 Å². The number of amides is 1. The van der Waals surface area contributed by atoms with Crippen LogP contribution in [-0.4, -0.2) is 28.8 Å². The molecule has 136 valence electrons. The fourth-order valence-corrected chi connectivity index (χ4v) is 3.33. The molecule has 1 aliphatic carbocycles. The second-order valence-corrected chi connectivity index (χ2v) is 6.40. The molecule has 0 bridgehead atoms. The second-order valence-electron chi connectivity index (χ2n) is 6.40. The number of hydrogen-bond acceptors (Lipinski definition) is 4. The van der Waals surface area contributed by atoms with E-state index < -0.39 is 5.97 Å². The molecule has 0 saturated carbocycles. The lowest BCUT2D eigenvalue weighted by molar-refractivity contribution is 0.0600. The summed E-state index contributed by atoms with van der Waals surface area (Å²) in [5, 5.41) is 7.71. The molecule has 0 fully saturated rings. The zero-order valence-electron chi connectivity index (χ0n) is 14.9. The standard InChI is InChI=1S/C21H19N3O3/c1-27-21(26)15-12-10-14(11-13-15)20(25)22-19-17-8-5-9-18(17)23-24(19)16-6-3-2-4-7-16/h2-4,6-7,10-13H,5,8-9H2,1H3,(H,22,25). The molecule has 1 amide bonds. The van der Waals surface area contributed by atoms with E-state index in [9.17, 15) is 9.59 Å². The first-order valence-corrected chi connectivity index (χ1v) is 8.83. The molecule has 1 N–H and O–H groups in total. The number of carbonyl (C=O) groups excluding carboxylic acids is 2. The van der Waals surface area contributed by atoms with Gasteiger partial charge in [0.25, 0.3) is 5.91 Å². The van der Waals surface area contributed by atoms with E-state index >= 15 is 0 Å². The van der Waals surface area contributed by atoms with Crippen molar-refractivity contribution >= 4 is 17.7 Å². The number of fused-ring (bicyclic) bond motifs is 1. The van der Waals surface area contributed by atoms with Crippen LogP contribution in [-0.2, 0) is 17.6 Å². The molecule has 0 aliphatic heterocycles.